The number of hydrogen-bond acceptors (Lipinski definition) is 4. The van der Waals surface area contributed by atoms with Gasteiger partial charge in [0.2, 0.25) is 0 Å². The zero-order valence-corrected chi connectivity index (χ0v) is 14.0. The van der Waals surface area contributed by atoms with E-state index in [0.29, 0.717) is 12.1 Å². The molecule has 1 atom stereocenters. The first-order valence-corrected chi connectivity index (χ1v) is 8.50. The van der Waals surface area contributed by atoms with E-state index in [1.807, 2.05) is 0 Å². The molecule has 1 aliphatic heterocycles. The summed E-state index contributed by atoms with van der Waals surface area (Å²) in [7, 11) is 0. The summed E-state index contributed by atoms with van der Waals surface area (Å²) in [6.45, 7) is 0.226. The van der Waals surface area contributed by atoms with Crippen LogP contribution in [0.15, 0.2) is 24.3 Å². The van der Waals surface area contributed by atoms with Crippen molar-refractivity contribution in [3.05, 3.63) is 47.0 Å². The van der Waals surface area contributed by atoms with Crippen molar-refractivity contribution in [3.63, 3.8) is 0 Å². The van der Waals surface area contributed by atoms with Gasteiger partial charge >= 0.3 is 5.97 Å². The number of halogens is 1. The molecule has 2 heterocycles. The highest BCUT2D eigenvalue weighted by molar-refractivity contribution is 5.98. The van der Waals surface area contributed by atoms with Gasteiger partial charge in [0.15, 0.2) is 11.2 Å². The summed E-state index contributed by atoms with van der Waals surface area (Å²) in [5, 5.41) is 16.5. The predicted molar refractivity (Wildman–Crippen MR) is 88.8 cm³/mol. The molecule has 1 fully saturated rings. The molecular weight excluding hydrogens is 341 g/mol. The van der Waals surface area contributed by atoms with Crippen LogP contribution in [0.4, 0.5) is 4.39 Å². The number of aliphatic carboxylic acids is 1. The van der Waals surface area contributed by atoms with Gasteiger partial charge < -0.3 is 15.2 Å². The molecule has 1 saturated heterocycles. The van der Waals surface area contributed by atoms with Crippen LogP contribution in [-0.2, 0) is 22.4 Å². The molecule has 1 aliphatic carbocycles. The van der Waals surface area contributed by atoms with Crippen molar-refractivity contribution in [2.75, 3.05) is 13.2 Å². The Labute approximate surface area is 148 Å². The van der Waals surface area contributed by atoms with Crippen molar-refractivity contribution < 1.29 is 23.8 Å². The number of carbonyl (C=O) groups is 2. The standard InChI is InChI=1S/C18H18FN3O4/c19-11-4-6-12(7-5-11)22-14-3-1-2-13(14)15(21-22)16(23)20-18(17(24)25)8-9-26-10-18/h4-7H,1-3,8-10H2,(H,20,23)(H,24,25). The third kappa shape index (κ3) is 2.66. The number of benzene rings is 1. The summed E-state index contributed by atoms with van der Waals surface area (Å²) < 4.78 is 20.0. The lowest BCUT2D eigenvalue weighted by molar-refractivity contribution is -0.144. The molecule has 2 aliphatic rings. The van der Waals surface area contributed by atoms with Crippen molar-refractivity contribution in [1.82, 2.24) is 15.1 Å². The highest BCUT2D eigenvalue weighted by Crippen LogP contribution is 2.29. The maximum Gasteiger partial charge on any atom is 0.331 e. The highest BCUT2D eigenvalue weighted by Gasteiger charge is 2.45. The molecule has 0 bridgehead atoms. The summed E-state index contributed by atoms with van der Waals surface area (Å²) >= 11 is 0. The van der Waals surface area contributed by atoms with E-state index in [-0.39, 0.29) is 31.1 Å². The summed E-state index contributed by atoms with van der Waals surface area (Å²) in [6.07, 6.45) is 2.58. The topological polar surface area (TPSA) is 93.5 Å². The number of aromatic nitrogens is 2. The van der Waals surface area contributed by atoms with Gasteiger partial charge in [-0.05, 0) is 43.5 Å². The van der Waals surface area contributed by atoms with Crippen LogP contribution < -0.4 is 5.32 Å². The summed E-state index contributed by atoms with van der Waals surface area (Å²) in [5.41, 5.74) is 1.22. The van der Waals surface area contributed by atoms with Crippen molar-refractivity contribution in [2.45, 2.75) is 31.2 Å². The molecule has 1 aromatic heterocycles. The Hall–Kier alpha value is -2.74. The van der Waals surface area contributed by atoms with Crippen LogP contribution in [0.5, 0.6) is 0 Å². The second-order valence-electron chi connectivity index (χ2n) is 6.66. The second-order valence-corrected chi connectivity index (χ2v) is 6.66. The highest BCUT2D eigenvalue weighted by atomic mass is 19.1. The first-order chi connectivity index (χ1) is 12.5. The fourth-order valence-electron chi connectivity index (χ4n) is 3.58. The Morgan fingerprint density at radius 2 is 2.04 bits per heavy atom. The molecule has 0 saturated carbocycles. The molecular formula is C18H18FN3O4. The zero-order chi connectivity index (χ0) is 18.3. The third-order valence-electron chi connectivity index (χ3n) is 5.00. The number of carboxylic acid groups (broad SMARTS) is 1. The molecule has 136 valence electrons. The average molecular weight is 359 g/mol. The lowest BCUT2D eigenvalue weighted by Gasteiger charge is -2.23. The van der Waals surface area contributed by atoms with E-state index >= 15 is 0 Å². The molecule has 7 nitrogen and oxygen atoms in total. The predicted octanol–water partition coefficient (Wildman–Crippen LogP) is 1.47. The molecule has 1 aromatic carbocycles. The Morgan fingerprint density at radius 3 is 2.69 bits per heavy atom. The van der Waals surface area contributed by atoms with Crippen LogP contribution in [0, 0.1) is 5.82 Å². The van der Waals surface area contributed by atoms with E-state index < -0.39 is 17.4 Å². The van der Waals surface area contributed by atoms with E-state index in [1.54, 1.807) is 16.8 Å². The molecule has 0 spiro atoms. The number of rotatable bonds is 4. The smallest absolute Gasteiger partial charge is 0.331 e. The van der Waals surface area contributed by atoms with E-state index in [0.717, 1.165) is 24.1 Å². The van der Waals surface area contributed by atoms with Gasteiger partial charge in [-0.2, -0.15) is 5.10 Å². The van der Waals surface area contributed by atoms with E-state index in [4.69, 9.17) is 4.74 Å². The van der Waals surface area contributed by atoms with E-state index in [1.165, 1.54) is 12.1 Å². The van der Waals surface area contributed by atoms with Crippen molar-refractivity contribution in [2.24, 2.45) is 0 Å². The van der Waals surface area contributed by atoms with Crippen LogP contribution in [0.3, 0.4) is 0 Å². The zero-order valence-electron chi connectivity index (χ0n) is 14.0. The molecule has 2 aromatic rings. The van der Waals surface area contributed by atoms with Crippen LogP contribution in [-0.4, -0.2) is 45.5 Å². The number of carbonyl (C=O) groups excluding carboxylic acids is 1. The van der Waals surface area contributed by atoms with Gasteiger partial charge in [0, 0.05) is 24.3 Å². The Bertz CT molecular complexity index is 869. The number of fused-ring (bicyclic) bond motifs is 1. The first-order valence-electron chi connectivity index (χ1n) is 8.50. The number of ether oxygens (including phenoxy) is 1. The minimum Gasteiger partial charge on any atom is -0.479 e. The fourth-order valence-corrected chi connectivity index (χ4v) is 3.58. The van der Waals surface area contributed by atoms with Gasteiger partial charge in [-0.25, -0.2) is 13.9 Å². The van der Waals surface area contributed by atoms with E-state index in [2.05, 4.69) is 10.4 Å². The van der Waals surface area contributed by atoms with Crippen molar-refractivity contribution in [1.29, 1.82) is 0 Å². The molecule has 1 unspecified atom stereocenters. The number of amides is 1. The maximum atomic E-state index is 13.2. The Balaban J connectivity index is 1.69. The van der Waals surface area contributed by atoms with Gasteiger partial charge in [0.05, 0.1) is 12.3 Å². The van der Waals surface area contributed by atoms with Gasteiger partial charge in [0.1, 0.15) is 5.82 Å². The maximum absolute atomic E-state index is 13.2. The minimum absolute atomic E-state index is 0.0606. The monoisotopic (exact) mass is 359 g/mol. The van der Waals surface area contributed by atoms with Gasteiger partial charge in [-0.1, -0.05) is 0 Å². The van der Waals surface area contributed by atoms with Gasteiger partial charge in [-0.3, -0.25) is 4.79 Å². The lowest BCUT2D eigenvalue weighted by atomic mass is 9.98. The minimum atomic E-state index is -1.41. The van der Waals surface area contributed by atoms with Crippen LogP contribution in [0.1, 0.15) is 34.6 Å². The molecule has 2 N–H and O–H groups in total. The number of hydrogen-bond donors (Lipinski definition) is 2. The molecule has 8 heteroatoms. The molecule has 4 rings (SSSR count). The third-order valence-corrected chi connectivity index (χ3v) is 5.00. The fraction of sp³-hybridized carbons (Fsp3) is 0.389. The second kappa shape index (κ2) is 6.21. The average Bonchev–Trinajstić information content (AvgIpc) is 3.31. The van der Waals surface area contributed by atoms with Crippen LogP contribution in [0.2, 0.25) is 0 Å². The quantitative estimate of drug-likeness (QED) is 0.862. The normalized spacial score (nSPS) is 21.6. The summed E-state index contributed by atoms with van der Waals surface area (Å²) in [6, 6.07) is 5.89. The summed E-state index contributed by atoms with van der Waals surface area (Å²) in [4.78, 5) is 24.4. The lowest BCUT2D eigenvalue weighted by Crippen LogP contribution is -2.55. The van der Waals surface area contributed by atoms with Gasteiger partial charge in [0.25, 0.3) is 5.91 Å². The number of nitrogens with one attached hydrogen (secondary N) is 1. The SMILES string of the molecule is O=C(NC1(C(=O)O)CCOC1)c1nn(-c2ccc(F)cc2)c2c1CCC2. The number of carboxylic acids is 1. The molecule has 1 amide bonds. The van der Waals surface area contributed by atoms with Crippen LogP contribution in [0.25, 0.3) is 5.69 Å². The molecule has 0 radical (unpaired) electrons. The molecule has 26 heavy (non-hydrogen) atoms. The van der Waals surface area contributed by atoms with Crippen LogP contribution >= 0.6 is 0 Å². The Morgan fingerprint density at radius 1 is 1.27 bits per heavy atom. The van der Waals surface area contributed by atoms with E-state index in [9.17, 15) is 19.1 Å². The number of nitrogens with zero attached hydrogens (tertiary/aromatic N) is 2. The van der Waals surface area contributed by atoms with Crippen molar-refractivity contribution >= 4 is 11.9 Å². The first kappa shape index (κ1) is 16.7. The van der Waals surface area contributed by atoms with Gasteiger partial charge in [-0.15, -0.1) is 0 Å². The largest absolute Gasteiger partial charge is 0.479 e. The summed E-state index contributed by atoms with van der Waals surface area (Å²) in [5.74, 6) is -1.98. The van der Waals surface area contributed by atoms with Crippen molar-refractivity contribution in [3.8, 4) is 5.69 Å². The Kier molecular flexibility index (Phi) is 3.99.